The van der Waals surface area contributed by atoms with Crippen molar-refractivity contribution in [1.29, 1.82) is 5.26 Å². The molecule has 2 aromatic heterocycles. The molecule has 34 heavy (non-hydrogen) atoms. The van der Waals surface area contributed by atoms with Crippen molar-refractivity contribution in [1.82, 2.24) is 14.8 Å². The van der Waals surface area contributed by atoms with E-state index in [1.165, 1.54) is 0 Å². The van der Waals surface area contributed by atoms with Crippen LogP contribution in [0.15, 0.2) is 54.7 Å². The zero-order valence-electron chi connectivity index (χ0n) is 18.6. The Morgan fingerprint density at radius 2 is 1.82 bits per heavy atom. The number of halogens is 2. The third kappa shape index (κ3) is 4.27. The van der Waals surface area contributed by atoms with Gasteiger partial charge in [-0.1, -0.05) is 66.0 Å². The molecule has 0 saturated carbocycles. The summed E-state index contributed by atoms with van der Waals surface area (Å²) in [6.45, 7) is 0.473. The molecule has 0 saturated heterocycles. The summed E-state index contributed by atoms with van der Waals surface area (Å²) in [6, 6.07) is 17.8. The minimum absolute atomic E-state index is 0.283. The number of aryl methyl sites for hydroxylation is 1. The number of rotatable bonds is 4. The van der Waals surface area contributed by atoms with Crippen LogP contribution in [0.3, 0.4) is 0 Å². The zero-order chi connectivity index (χ0) is 23.7. The van der Waals surface area contributed by atoms with Crippen LogP contribution in [0, 0.1) is 11.3 Å². The molecule has 0 unspecified atom stereocenters. The van der Waals surface area contributed by atoms with Gasteiger partial charge >= 0.3 is 0 Å². The molecule has 0 aliphatic heterocycles. The fraction of sp³-hybridized carbons (Fsp3) is 0.222. The second-order valence-electron chi connectivity index (χ2n) is 8.54. The maximum atomic E-state index is 10.1. The Morgan fingerprint density at radius 1 is 1.03 bits per heavy atom. The first-order valence-electron chi connectivity index (χ1n) is 11.3. The molecule has 5 nitrogen and oxygen atoms in total. The molecule has 1 aliphatic carbocycles. The van der Waals surface area contributed by atoms with Gasteiger partial charge in [-0.25, -0.2) is 4.98 Å². The van der Waals surface area contributed by atoms with Crippen LogP contribution in [0.5, 0.6) is 0 Å². The van der Waals surface area contributed by atoms with E-state index in [-0.39, 0.29) is 5.82 Å². The normalized spacial score (nSPS) is 13.2. The minimum atomic E-state index is 0.283. The van der Waals surface area contributed by atoms with Crippen LogP contribution in [0.4, 0.5) is 5.82 Å². The summed E-state index contributed by atoms with van der Waals surface area (Å²) in [6.07, 6.45) is 7.00. The van der Waals surface area contributed by atoms with Crippen LogP contribution >= 0.6 is 23.2 Å². The number of hydrogen-bond donors (Lipinski definition) is 1. The number of fused-ring (bicyclic) bond motifs is 1. The highest BCUT2D eigenvalue weighted by Gasteiger charge is 2.25. The van der Waals surface area contributed by atoms with Crippen LogP contribution in [-0.2, 0) is 19.4 Å². The Labute approximate surface area is 208 Å². The lowest BCUT2D eigenvalue weighted by molar-refractivity contribution is 0.689. The summed E-state index contributed by atoms with van der Waals surface area (Å²) >= 11 is 12.5. The second-order valence-corrected chi connectivity index (χ2v) is 9.38. The summed E-state index contributed by atoms with van der Waals surface area (Å²) < 4.78 is 1.87. The quantitative estimate of drug-likeness (QED) is 0.325. The number of aromatic nitrogens is 3. The lowest BCUT2D eigenvalue weighted by atomic mass is 9.90. The molecule has 0 spiro atoms. The van der Waals surface area contributed by atoms with Gasteiger partial charge in [0.1, 0.15) is 23.1 Å². The summed E-state index contributed by atoms with van der Waals surface area (Å²) in [5.41, 5.74) is 13.3. The lowest BCUT2D eigenvalue weighted by Crippen LogP contribution is -2.07. The molecule has 0 radical (unpaired) electrons. The van der Waals surface area contributed by atoms with E-state index in [0.717, 1.165) is 71.3 Å². The average Bonchev–Trinajstić information content (AvgIpc) is 3.11. The zero-order valence-corrected chi connectivity index (χ0v) is 20.1. The summed E-state index contributed by atoms with van der Waals surface area (Å²) in [4.78, 5) is 4.63. The van der Waals surface area contributed by atoms with Crippen molar-refractivity contribution in [3.63, 3.8) is 0 Å². The van der Waals surface area contributed by atoms with Crippen LogP contribution in [0.25, 0.3) is 22.4 Å². The SMILES string of the molecule is N#Cc1c(N)nc2c(c1-c1cn(Cc3ccc(Cl)cc3Cl)nc1-c1ccccc1)CCCCC2. The average molecular weight is 488 g/mol. The fourth-order valence-corrected chi connectivity index (χ4v) is 5.14. The van der Waals surface area contributed by atoms with E-state index in [4.69, 9.17) is 34.0 Å². The highest BCUT2D eigenvalue weighted by molar-refractivity contribution is 6.35. The molecule has 1 aliphatic rings. The number of pyridine rings is 1. The van der Waals surface area contributed by atoms with Gasteiger partial charge in [0.25, 0.3) is 0 Å². The summed E-state index contributed by atoms with van der Waals surface area (Å²) in [5, 5.41) is 16.2. The standard InChI is InChI=1S/C27H23Cl2N5/c28-19-12-11-18(23(29)13-19)15-34-16-22(26(33-34)17-7-3-1-4-8-17)25-20-9-5-2-6-10-24(20)32-27(31)21(25)14-30/h1,3-4,7-8,11-13,16H,2,5-6,9-10,15H2,(H2,31,32). The molecule has 4 aromatic rings. The largest absolute Gasteiger partial charge is 0.383 e. The van der Waals surface area contributed by atoms with Gasteiger partial charge in [-0.3, -0.25) is 4.68 Å². The third-order valence-electron chi connectivity index (χ3n) is 6.29. The number of nitrogens with zero attached hydrogens (tertiary/aromatic N) is 4. The molecule has 0 atom stereocenters. The Morgan fingerprint density at radius 3 is 2.59 bits per heavy atom. The molecule has 0 bridgehead atoms. The molecule has 2 aromatic carbocycles. The van der Waals surface area contributed by atoms with E-state index in [9.17, 15) is 5.26 Å². The summed E-state index contributed by atoms with van der Waals surface area (Å²) in [5.74, 6) is 0.283. The van der Waals surface area contributed by atoms with Gasteiger partial charge in [0.05, 0.1) is 6.54 Å². The Bertz CT molecular complexity index is 1400. The van der Waals surface area contributed by atoms with E-state index in [1.54, 1.807) is 6.07 Å². The lowest BCUT2D eigenvalue weighted by Gasteiger charge is -2.15. The van der Waals surface area contributed by atoms with Crippen molar-refractivity contribution in [3.8, 4) is 28.5 Å². The van der Waals surface area contributed by atoms with E-state index in [1.807, 2.05) is 53.3 Å². The fourth-order valence-electron chi connectivity index (χ4n) is 4.67. The number of benzene rings is 2. The van der Waals surface area contributed by atoms with Crippen LogP contribution in [0.2, 0.25) is 10.0 Å². The first-order valence-corrected chi connectivity index (χ1v) is 12.1. The van der Waals surface area contributed by atoms with Crippen molar-refractivity contribution in [3.05, 3.63) is 87.2 Å². The first-order chi connectivity index (χ1) is 16.5. The molecule has 0 amide bonds. The number of nitrogens with two attached hydrogens (primary N) is 1. The molecule has 7 heteroatoms. The van der Waals surface area contributed by atoms with Gasteiger partial charge in [-0.2, -0.15) is 10.4 Å². The van der Waals surface area contributed by atoms with Crippen molar-refractivity contribution >= 4 is 29.0 Å². The van der Waals surface area contributed by atoms with E-state index >= 15 is 0 Å². The van der Waals surface area contributed by atoms with Crippen LogP contribution in [-0.4, -0.2) is 14.8 Å². The molecule has 2 N–H and O–H groups in total. The van der Waals surface area contributed by atoms with Crippen molar-refractivity contribution in [2.75, 3.05) is 5.73 Å². The topological polar surface area (TPSA) is 80.5 Å². The van der Waals surface area contributed by atoms with Gasteiger partial charge in [0.15, 0.2) is 0 Å². The smallest absolute Gasteiger partial charge is 0.142 e. The van der Waals surface area contributed by atoms with Gasteiger partial charge in [-0.15, -0.1) is 0 Å². The van der Waals surface area contributed by atoms with Crippen molar-refractivity contribution in [2.45, 2.75) is 38.6 Å². The minimum Gasteiger partial charge on any atom is -0.383 e. The summed E-state index contributed by atoms with van der Waals surface area (Å²) in [7, 11) is 0. The maximum Gasteiger partial charge on any atom is 0.142 e. The third-order valence-corrected chi connectivity index (χ3v) is 6.88. The van der Waals surface area contributed by atoms with Crippen LogP contribution in [0.1, 0.15) is 41.6 Å². The number of hydrogen-bond acceptors (Lipinski definition) is 4. The molecule has 2 heterocycles. The van der Waals surface area contributed by atoms with Gasteiger partial charge in [0, 0.05) is 38.6 Å². The van der Waals surface area contributed by atoms with Crippen molar-refractivity contribution in [2.24, 2.45) is 0 Å². The second kappa shape index (κ2) is 9.50. The Hall–Kier alpha value is -3.33. The van der Waals surface area contributed by atoms with E-state index < -0.39 is 0 Å². The highest BCUT2D eigenvalue weighted by atomic mass is 35.5. The van der Waals surface area contributed by atoms with Crippen LogP contribution < -0.4 is 5.73 Å². The van der Waals surface area contributed by atoms with Gasteiger partial charge in [-0.05, 0) is 48.9 Å². The maximum absolute atomic E-state index is 10.1. The van der Waals surface area contributed by atoms with Crippen molar-refractivity contribution < 1.29 is 0 Å². The molecule has 170 valence electrons. The molecule has 5 rings (SSSR count). The highest BCUT2D eigenvalue weighted by Crippen LogP contribution is 2.40. The Balaban J connectivity index is 1.73. The van der Waals surface area contributed by atoms with E-state index in [0.29, 0.717) is 22.2 Å². The van der Waals surface area contributed by atoms with E-state index in [2.05, 4.69) is 11.1 Å². The molecular formula is C27H23Cl2N5. The molecular weight excluding hydrogens is 465 g/mol. The first kappa shape index (κ1) is 22.5. The number of nitrogen functional groups attached to an aromatic ring is 1. The number of nitriles is 1. The van der Waals surface area contributed by atoms with Gasteiger partial charge < -0.3 is 5.73 Å². The Kier molecular flexibility index (Phi) is 6.28. The number of anilines is 1. The predicted octanol–water partition coefficient (Wildman–Crippen LogP) is 6.69. The monoisotopic (exact) mass is 487 g/mol. The van der Waals surface area contributed by atoms with Gasteiger partial charge in [0.2, 0.25) is 0 Å². The predicted molar refractivity (Wildman–Crippen MR) is 137 cm³/mol. The molecule has 0 fully saturated rings.